The molecule has 2 saturated heterocycles. The van der Waals surface area contributed by atoms with E-state index in [1.807, 2.05) is 18.7 Å². The monoisotopic (exact) mass is 599 g/mol. The Morgan fingerprint density at radius 2 is 1.86 bits per heavy atom. The number of anilines is 1. The molecule has 2 N–H and O–H groups in total. The zero-order valence-electron chi connectivity index (χ0n) is 25.1. The summed E-state index contributed by atoms with van der Waals surface area (Å²) in [5, 5.41) is 10.3. The Bertz CT molecular complexity index is 1390. The topological polar surface area (TPSA) is 128 Å². The second kappa shape index (κ2) is 12.9. The molecule has 1 aromatic carbocycles. The number of halogens is 2. The minimum atomic E-state index is -0.720. The standard InChI is InChI=1S/C30H39F2N7O4/c1-17(2)26-37-27(43-38-26)25(41-20-8-10-33-11-9-20)18-13-34-28(35-14-18)39-15-22(21-12-19(31)6-7-23(21)32)24(16-39)36-29(40)42-30(3,4)5/h6-7,12-14,17,20,22,24-25,33H,8-11,15-16H2,1-5H3,(H,36,40)/t22-,24+,25?/m1/s1. The largest absolute Gasteiger partial charge is 0.444 e. The molecule has 13 heteroatoms. The number of rotatable bonds is 8. The normalized spacial score (nSPS) is 20.4. The molecule has 0 radical (unpaired) electrons. The van der Waals surface area contributed by atoms with Crippen LogP contribution in [0.25, 0.3) is 0 Å². The van der Waals surface area contributed by atoms with Gasteiger partial charge in [0.2, 0.25) is 5.95 Å². The summed E-state index contributed by atoms with van der Waals surface area (Å²) in [6.45, 7) is 11.5. The van der Waals surface area contributed by atoms with Crippen LogP contribution in [-0.4, -0.2) is 70.1 Å². The van der Waals surface area contributed by atoms with Gasteiger partial charge in [-0.2, -0.15) is 4.98 Å². The fourth-order valence-electron chi connectivity index (χ4n) is 5.31. The Hall–Kier alpha value is -3.71. The van der Waals surface area contributed by atoms with Gasteiger partial charge in [-0.3, -0.25) is 0 Å². The Morgan fingerprint density at radius 3 is 2.51 bits per heavy atom. The van der Waals surface area contributed by atoms with Crippen LogP contribution >= 0.6 is 0 Å². The Balaban J connectivity index is 1.39. The average Bonchev–Trinajstić information content (AvgIpc) is 3.61. The van der Waals surface area contributed by atoms with E-state index in [9.17, 15) is 13.6 Å². The van der Waals surface area contributed by atoms with Gasteiger partial charge in [-0.25, -0.2) is 23.5 Å². The molecule has 2 aromatic heterocycles. The number of hydrogen-bond acceptors (Lipinski definition) is 10. The molecule has 2 fully saturated rings. The van der Waals surface area contributed by atoms with Crippen LogP contribution in [0.2, 0.25) is 0 Å². The van der Waals surface area contributed by atoms with Crippen molar-refractivity contribution in [2.75, 3.05) is 31.1 Å². The van der Waals surface area contributed by atoms with Gasteiger partial charge in [-0.15, -0.1) is 0 Å². The second-order valence-corrected chi connectivity index (χ2v) is 12.4. The summed E-state index contributed by atoms with van der Waals surface area (Å²) in [7, 11) is 0. The molecule has 43 heavy (non-hydrogen) atoms. The third-order valence-electron chi connectivity index (χ3n) is 7.44. The third-order valence-corrected chi connectivity index (χ3v) is 7.44. The molecule has 4 heterocycles. The lowest BCUT2D eigenvalue weighted by Crippen LogP contribution is -2.43. The van der Waals surface area contributed by atoms with Crippen molar-refractivity contribution in [2.45, 2.75) is 83.1 Å². The summed E-state index contributed by atoms with van der Waals surface area (Å²) in [5.41, 5.74) is 0.0895. The average molecular weight is 600 g/mol. The minimum absolute atomic E-state index is 0.000480. The van der Waals surface area contributed by atoms with Crippen LogP contribution < -0.4 is 15.5 Å². The molecule has 0 bridgehead atoms. The number of benzene rings is 1. The van der Waals surface area contributed by atoms with Crippen molar-refractivity contribution in [1.29, 1.82) is 0 Å². The second-order valence-electron chi connectivity index (χ2n) is 12.4. The van der Waals surface area contributed by atoms with Gasteiger partial charge in [0, 0.05) is 42.9 Å². The molecule has 3 atom stereocenters. The van der Waals surface area contributed by atoms with E-state index in [0.717, 1.165) is 44.1 Å². The van der Waals surface area contributed by atoms with Crippen LogP contribution in [0.5, 0.6) is 0 Å². The molecular weight excluding hydrogens is 560 g/mol. The molecular formula is C30H39F2N7O4. The molecule has 0 aliphatic carbocycles. The summed E-state index contributed by atoms with van der Waals surface area (Å²) < 4.78 is 46.5. The number of aromatic nitrogens is 4. The predicted octanol–water partition coefficient (Wildman–Crippen LogP) is 4.62. The van der Waals surface area contributed by atoms with Gasteiger partial charge in [0.05, 0.1) is 12.1 Å². The van der Waals surface area contributed by atoms with Crippen LogP contribution in [0.3, 0.4) is 0 Å². The lowest BCUT2D eigenvalue weighted by atomic mass is 9.94. The highest BCUT2D eigenvalue weighted by molar-refractivity contribution is 5.68. The van der Waals surface area contributed by atoms with Gasteiger partial charge in [0.25, 0.3) is 5.89 Å². The van der Waals surface area contributed by atoms with Crippen molar-refractivity contribution in [3.05, 3.63) is 65.1 Å². The van der Waals surface area contributed by atoms with E-state index in [0.29, 0.717) is 23.2 Å². The number of carbonyl (C=O) groups excluding carboxylic acids is 1. The quantitative estimate of drug-likeness (QED) is 0.379. The van der Waals surface area contributed by atoms with Crippen molar-refractivity contribution in [3.8, 4) is 0 Å². The number of carbonyl (C=O) groups is 1. The van der Waals surface area contributed by atoms with Crippen molar-refractivity contribution in [1.82, 2.24) is 30.7 Å². The first kappa shape index (κ1) is 30.7. The molecule has 11 nitrogen and oxygen atoms in total. The van der Waals surface area contributed by atoms with Crippen LogP contribution in [0.1, 0.15) is 88.2 Å². The number of nitrogens with zero attached hydrogens (tertiary/aromatic N) is 5. The van der Waals surface area contributed by atoms with Crippen molar-refractivity contribution < 1.29 is 27.6 Å². The first-order valence-corrected chi connectivity index (χ1v) is 14.7. The molecule has 232 valence electrons. The summed E-state index contributed by atoms with van der Waals surface area (Å²) >= 11 is 0. The van der Waals surface area contributed by atoms with Crippen LogP contribution in [0.4, 0.5) is 19.5 Å². The molecule has 5 rings (SSSR count). The molecule has 2 aliphatic heterocycles. The molecule has 1 amide bonds. The summed E-state index contributed by atoms with van der Waals surface area (Å²) in [6, 6.07) is 2.74. The fourth-order valence-corrected chi connectivity index (χ4v) is 5.31. The molecule has 0 spiro atoms. The van der Waals surface area contributed by atoms with E-state index < -0.39 is 41.4 Å². The number of piperidine rings is 1. The highest BCUT2D eigenvalue weighted by Gasteiger charge is 2.39. The van der Waals surface area contributed by atoms with Gasteiger partial charge < -0.3 is 29.5 Å². The Kier molecular flexibility index (Phi) is 9.21. The summed E-state index contributed by atoms with van der Waals surface area (Å²) in [4.78, 5) is 28.3. The maximum absolute atomic E-state index is 14.9. The van der Waals surface area contributed by atoms with E-state index in [1.54, 1.807) is 33.2 Å². The van der Waals surface area contributed by atoms with Gasteiger partial charge in [-0.05, 0) is 70.5 Å². The van der Waals surface area contributed by atoms with Crippen LogP contribution in [0, 0.1) is 11.6 Å². The lowest BCUT2D eigenvalue weighted by Gasteiger charge is -2.26. The predicted molar refractivity (Wildman–Crippen MR) is 154 cm³/mol. The molecule has 0 saturated carbocycles. The molecule has 2 aliphatic rings. The SMILES string of the molecule is CC(C)c1noc(C(OC2CCNCC2)c2cnc(N3C[C@H](NC(=O)OC(C)(C)C)[C@@H](c4cc(F)ccc4F)C3)nc2)n1. The van der Waals surface area contributed by atoms with E-state index in [1.165, 1.54) is 0 Å². The van der Waals surface area contributed by atoms with Crippen LogP contribution in [-0.2, 0) is 9.47 Å². The zero-order chi connectivity index (χ0) is 30.7. The highest BCUT2D eigenvalue weighted by atomic mass is 19.1. The first-order chi connectivity index (χ1) is 20.5. The number of hydrogen-bond donors (Lipinski definition) is 2. The Morgan fingerprint density at radius 1 is 1.14 bits per heavy atom. The van der Waals surface area contributed by atoms with Gasteiger partial charge in [0.15, 0.2) is 11.9 Å². The van der Waals surface area contributed by atoms with Gasteiger partial charge in [0.1, 0.15) is 17.2 Å². The maximum atomic E-state index is 14.9. The molecule has 1 unspecified atom stereocenters. The van der Waals surface area contributed by atoms with Crippen molar-refractivity contribution in [3.63, 3.8) is 0 Å². The van der Waals surface area contributed by atoms with E-state index in [-0.39, 0.29) is 30.7 Å². The maximum Gasteiger partial charge on any atom is 0.407 e. The highest BCUT2D eigenvalue weighted by Crippen LogP contribution is 2.33. The van der Waals surface area contributed by atoms with Crippen LogP contribution in [0.15, 0.2) is 35.1 Å². The summed E-state index contributed by atoms with van der Waals surface area (Å²) in [5.74, 6) is -0.315. The van der Waals surface area contributed by atoms with Gasteiger partial charge in [-0.1, -0.05) is 19.0 Å². The van der Waals surface area contributed by atoms with Crippen molar-refractivity contribution in [2.24, 2.45) is 0 Å². The fraction of sp³-hybridized carbons (Fsp3) is 0.567. The number of alkyl carbamates (subject to hydrolysis) is 1. The van der Waals surface area contributed by atoms with E-state index >= 15 is 0 Å². The smallest absolute Gasteiger partial charge is 0.407 e. The minimum Gasteiger partial charge on any atom is -0.444 e. The molecule has 3 aromatic rings. The zero-order valence-corrected chi connectivity index (χ0v) is 25.1. The number of ether oxygens (including phenoxy) is 2. The first-order valence-electron chi connectivity index (χ1n) is 14.7. The Labute approximate surface area is 249 Å². The van der Waals surface area contributed by atoms with E-state index in [4.69, 9.17) is 14.0 Å². The number of nitrogens with one attached hydrogen (secondary N) is 2. The number of amides is 1. The lowest BCUT2D eigenvalue weighted by molar-refractivity contribution is -0.0220. The third kappa shape index (κ3) is 7.63. The van der Waals surface area contributed by atoms with Crippen molar-refractivity contribution >= 4 is 12.0 Å². The van der Waals surface area contributed by atoms with Gasteiger partial charge >= 0.3 is 6.09 Å². The van der Waals surface area contributed by atoms with E-state index in [2.05, 4.69) is 30.7 Å². The summed E-state index contributed by atoms with van der Waals surface area (Å²) in [6.07, 6.45) is 3.71.